The number of hydrogen-bond acceptors (Lipinski definition) is 4. The molecule has 0 aliphatic rings. The molecule has 0 radical (unpaired) electrons. The third-order valence-electron chi connectivity index (χ3n) is 2.60. The number of rotatable bonds is 3. The molecule has 0 bridgehead atoms. The average Bonchev–Trinajstić information content (AvgIpc) is 2.92. The second-order valence-corrected chi connectivity index (χ2v) is 7.68. The van der Waals surface area contributed by atoms with Crippen molar-refractivity contribution in [2.24, 2.45) is 0 Å². The van der Waals surface area contributed by atoms with Gasteiger partial charge in [0.05, 0.1) is 10.2 Å². The van der Waals surface area contributed by atoms with Gasteiger partial charge in [-0.1, -0.05) is 11.6 Å². The molecule has 0 saturated carbocycles. The molecule has 5 nitrogen and oxygen atoms in total. The summed E-state index contributed by atoms with van der Waals surface area (Å²) >= 11 is 10.2. The van der Waals surface area contributed by atoms with Crippen LogP contribution in [0.2, 0.25) is 5.15 Å². The number of hydrogen-bond donors (Lipinski definition) is 1. The predicted octanol–water partition coefficient (Wildman–Crippen LogP) is 3.75. The van der Waals surface area contributed by atoms with Crippen molar-refractivity contribution >= 4 is 59.5 Å². The highest BCUT2D eigenvalue weighted by Crippen LogP contribution is 2.28. The van der Waals surface area contributed by atoms with Crippen LogP contribution in [0, 0.1) is 5.82 Å². The number of imidazole rings is 1. The van der Waals surface area contributed by atoms with E-state index in [9.17, 15) is 12.8 Å². The second kappa shape index (κ2) is 5.24. The van der Waals surface area contributed by atoms with Gasteiger partial charge in [-0.2, -0.15) is 8.42 Å². The lowest BCUT2D eigenvalue weighted by Gasteiger charge is -2.08. The SMILES string of the molecule is O=S(=O)(Nc1ccc(F)c(Br)c1)c1c(Cl)nc2sccn12. The summed E-state index contributed by atoms with van der Waals surface area (Å²) in [6.07, 6.45) is 1.56. The average molecular weight is 411 g/mol. The largest absolute Gasteiger partial charge is 0.281 e. The van der Waals surface area contributed by atoms with Gasteiger partial charge in [0.25, 0.3) is 10.0 Å². The van der Waals surface area contributed by atoms with E-state index in [4.69, 9.17) is 11.6 Å². The topological polar surface area (TPSA) is 63.5 Å². The fourth-order valence-electron chi connectivity index (χ4n) is 1.74. The highest BCUT2D eigenvalue weighted by atomic mass is 79.9. The molecule has 3 aromatic rings. The third kappa shape index (κ3) is 2.66. The second-order valence-electron chi connectivity index (χ2n) is 4.00. The van der Waals surface area contributed by atoms with Gasteiger partial charge in [0.2, 0.25) is 0 Å². The maximum Gasteiger partial charge on any atom is 0.281 e. The number of nitrogens with zero attached hydrogens (tertiary/aromatic N) is 2. The van der Waals surface area contributed by atoms with Crippen LogP contribution in [-0.2, 0) is 10.0 Å². The van der Waals surface area contributed by atoms with Crippen molar-refractivity contribution in [2.75, 3.05) is 4.72 Å². The van der Waals surface area contributed by atoms with Crippen molar-refractivity contribution in [1.82, 2.24) is 9.38 Å². The number of thiazole rings is 1. The lowest BCUT2D eigenvalue weighted by Crippen LogP contribution is -2.15. The van der Waals surface area contributed by atoms with E-state index in [2.05, 4.69) is 25.6 Å². The Hall–Kier alpha value is -1.16. The first-order chi connectivity index (χ1) is 9.88. The lowest BCUT2D eigenvalue weighted by atomic mass is 10.3. The number of fused-ring (bicyclic) bond motifs is 1. The maximum absolute atomic E-state index is 13.2. The van der Waals surface area contributed by atoms with Crippen LogP contribution >= 0.6 is 38.9 Å². The van der Waals surface area contributed by atoms with Gasteiger partial charge >= 0.3 is 0 Å². The quantitative estimate of drug-likeness (QED) is 0.715. The molecule has 2 aromatic heterocycles. The zero-order chi connectivity index (χ0) is 15.2. The van der Waals surface area contributed by atoms with Crippen molar-refractivity contribution in [3.63, 3.8) is 0 Å². The lowest BCUT2D eigenvalue weighted by molar-refractivity contribution is 0.596. The van der Waals surface area contributed by atoms with E-state index in [-0.39, 0.29) is 20.3 Å². The Labute approximate surface area is 136 Å². The molecule has 3 rings (SSSR count). The van der Waals surface area contributed by atoms with Crippen LogP contribution in [0.25, 0.3) is 4.96 Å². The Bertz CT molecular complexity index is 938. The van der Waals surface area contributed by atoms with Crippen LogP contribution in [0.3, 0.4) is 0 Å². The Kier molecular flexibility index (Phi) is 3.68. The van der Waals surface area contributed by atoms with E-state index < -0.39 is 15.8 Å². The van der Waals surface area contributed by atoms with E-state index in [0.29, 0.717) is 4.96 Å². The molecule has 0 fully saturated rings. The molecule has 0 aliphatic heterocycles. The van der Waals surface area contributed by atoms with Crippen molar-refractivity contribution in [2.45, 2.75) is 5.03 Å². The normalized spacial score (nSPS) is 12.0. The summed E-state index contributed by atoms with van der Waals surface area (Å²) in [5.74, 6) is -0.486. The number of benzene rings is 1. The van der Waals surface area contributed by atoms with Gasteiger partial charge < -0.3 is 0 Å². The van der Waals surface area contributed by atoms with Crippen molar-refractivity contribution in [3.8, 4) is 0 Å². The van der Waals surface area contributed by atoms with Gasteiger partial charge in [-0.15, -0.1) is 11.3 Å². The third-order valence-corrected chi connectivity index (χ3v) is 5.75. The van der Waals surface area contributed by atoms with Crippen LogP contribution in [-0.4, -0.2) is 17.8 Å². The van der Waals surface area contributed by atoms with Crippen LogP contribution < -0.4 is 4.72 Å². The van der Waals surface area contributed by atoms with Crippen molar-refractivity contribution in [1.29, 1.82) is 0 Å². The molecule has 21 heavy (non-hydrogen) atoms. The van der Waals surface area contributed by atoms with Crippen LogP contribution in [0.1, 0.15) is 0 Å². The first-order valence-electron chi connectivity index (χ1n) is 5.47. The molecule has 1 aromatic carbocycles. The van der Waals surface area contributed by atoms with Gasteiger partial charge in [-0.05, 0) is 34.1 Å². The first kappa shape index (κ1) is 14.8. The highest BCUT2D eigenvalue weighted by Gasteiger charge is 2.25. The molecule has 0 spiro atoms. The van der Waals surface area contributed by atoms with E-state index in [1.807, 2.05) is 0 Å². The summed E-state index contributed by atoms with van der Waals surface area (Å²) in [5, 5.41) is 1.43. The molecule has 1 N–H and O–H groups in total. The Balaban J connectivity index is 2.06. The zero-order valence-electron chi connectivity index (χ0n) is 10.0. The van der Waals surface area contributed by atoms with Gasteiger partial charge in [0.1, 0.15) is 5.82 Å². The highest BCUT2D eigenvalue weighted by molar-refractivity contribution is 9.10. The van der Waals surface area contributed by atoms with E-state index >= 15 is 0 Å². The monoisotopic (exact) mass is 409 g/mol. The van der Waals surface area contributed by atoms with Crippen molar-refractivity contribution in [3.05, 3.63) is 45.2 Å². The standard InChI is InChI=1S/C11H6BrClFN3O2S2/c12-7-5-6(1-2-8(7)14)16-21(18,19)10-9(13)15-11-17(10)3-4-20-11/h1-5,16H. The van der Waals surface area contributed by atoms with Crippen LogP contribution in [0.15, 0.2) is 39.3 Å². The fourth-order valence-corrected chi connectivity index (χ4v) is 4.63. The fraction of sp³-hybridized carbons (Fsp3) is 0. The summed E-state index contributed by atoms with van der Waals surface area (Å²) in [5.41, 5.74) is 0.213. The summed E-state index contributed by atoms with van der Waals surface area (Å²) in [6, 6.07) is 3.80. The number of anilines is 1. The molecule has 110 valence electrons. The number of aromatic nitrogens is 2. The Morgan fingerprint density at radius 2 is 2.19 bits per heavy atom. The molecular formula is C11H6BrClFN3O2S2. The van der Waals surface area contributed by atoms with Gasteiger partial charge in [0, 0.05) is 11.6 Å². The molecule has 2 heterocycles. The van der Waals surface area contributed by atoms with Gasteiger partial charge in [-0.3, -0.25) is 9.12 Å². The molecule has 0 saturated heterocycles. The molecule has 0 amide bonds. The summed E-state index contributed by atoms with van der Waals surface area (Å²) < 4.78 is 41.9. The smallest absolute Gasteiger partial charge is 0.278 e. The molecule has 0 aliphatic carbocycles. The minimum Gasteiger partial charge on any atom is -0.278 e. The number of sulfonamides is 1. The Morgan fingerprint density at radius 3 is 2.90 bits per heavy atom. The Morgan fingerprint density at radius 1 is 1.43 bits per heavy atom. The summed E-state index contributed by atoms with van der Waals surface area (Å²) in [6.45, 7) is 0. The maximum atomic E-state index is 13.2. The minimum atomic E-state index is -3.94. The van der Waals surface area contributed by atoms with Crippen LogP contribution in [0.4, 0.5) is 10.1 Å². The van der Waals surface area contributed by atoms with Gasteiger partial charge in [0.15, 0.2) is 15.1 Å². The first-order valence-corrected chi connectivity index (χ1v) is 9.01. The predicted molar refractivity (Wildman–Crippen MR) is 83.0 cm³/mol. The van der Waals surface area contributed by atoms with E-state index in [1.54, 1.807) is 11.6 Å². The molecule has 10 heteroatoms. The summed E-state index contributed by atoms with van der Waals surface area (Å²) in [7, 11) is -3.94. The molecule has 0 unspecified atom stereocenters. The van der Waals surface area contributed by atoms with Crippen molar-refractivity contribution < 1.29 is 12.8 Å². The zero-order valence-corrected chi connectivity index (χ0v) is 14.0. The van der Waals surface area contributed by atoms with Gasteiger partial charge in [-0.25, -0.2) is 9.37 Å². The van der Waals surface area contributed by atoms with E-state index in [0.717, 1.165) is 6.07 Å². The number of nitrogens with one attached hydrogen (secondary N) is 1. The molecule has 0 atom stereocenters. The van der Waals surface area contributed by atoms with E-state index in [1.165, 1.54) is 27.9 Å². The molecular weight excluding hydrogens is 405 g/mol. The minimum absolute atomic E-state index is 0.115. The van der Waals surface area contributed by atoms with Crippen LogP contribution in [0.5, 0.6) is 0 Å². The summed E-state index contributed by atoms with van der Waals surface area (Å²) in [4.78, 5) is 4.44. The number of halogens is 3.